The quantitative estimate of drug-likeness (QED) is 0.900. The summed E-state index contributed by atoms with van der Waals surface area (Å²) in [6, 6.07) is 6.50. The van der Waals surface area contributed by atoms with Crippen LogP contribution in [0.3, 0.4) is 0 Å². The molecule has 18 heavy (non-hydrogen) atoms. The van der Waals surface area contributed by atoms with Crippen molar-refractivity contribution in [2.24, 2.45) is 5.92 Å². The first-order valence-electron chi connectivity index (χ1n) is 6.00. The summed E-state index contributed by atoms with van der Waals surface area (Å²) in [5, 5.41) is 2.68. The number of nitrogens with one attached hydrogen (secondary N) is 1. The molecule has 0 bridgehead atoms. The second kappa shape index (κ2) is 5.97. The zero-order valence-electron chi connectivity index (χ0n) is 9.91. The third-order valence-corrected chi connectivity index (χ3v) is 4.33. The van der Waals surface area contributed by atoms with Crippen LogP contribution < -0.4 is 5.32 Å². The van der Waals surface area contributed by atoms with Gasteiger partial charge in [0.1, 0.15) is 6.04 Å². The summed E-state index contributed by atoms with van der Waals surface area (Å²) in [6.45, 7) is 0.437. The van der Waals surface area contributed by atoms with Gasteiger partial charge in [-0.1, -0.05) is 30.3 Å². The van der Waals surface area contributed by atoms with Crippen LogP contribution in [0.1, 0.15) is 18.0 Å². The number of rotatable bonds is 4. The Morgan fingerprint density at radius 1 is 1.28 bits per heavy atom. The number of hydrogen-bond acceptors (Lipinski definition) is 2. The van der Waals surface area contributed by atoms with Crippen molar-refractivity contribution >= 4 is 11.8 Å². The average Bonchev–Trinajstić information content (AvgIpc) is 2.82. The molecule has 0 saturated carbocycles. The van der Waals surface area contributed by atoms with Crippen LogP contribution in [0.2, 0.25) is 0 Å². The molecule has 1 aliphatic rings. The van der Waals surface area contributed by atoms with Gasteiger partial charge in [-0.05, 0) is 36.0 Å². The van der Waals surface area contributed by atoms with Gasteiger partial charge in [0, 0.05) is 0 Å². The smallest absolute Gasteiger partial charge is 0.302 e. The molecule has 1 aliphatic heterocycles. The van der Waals surface area contributed by atoms with Gasteiger partial charge in [0.15, 0.2) is 0 Å². The monoisotopic (exact) mass is 275 g/mol. The van der Waals surface area contributed by atoms with Crippen LogP contribution in [0.4, 0.5) is 13.2 Å². The van der Waals surface area contributed by atoms with E-state index in [9.17, 15) is 13.2 Å². The first-order chi connectivity index (χ1) is 8.57. The summed E-state index contributed by atoms with van der Waals surface area (Å²) in [6.07, 6.45) is -3.23. The fourth-order valence-corrected chi connectivity index (χ4v) is 3.38. The highest BCUT2D eigenvalue weighted by molar-refractivity contribution is 7.99. The molecule has 2 atom stereocenters. The predicted octanol–water partition coefficient (Wildman–Crippen LogP) is 3.63. The maximum Gasteiger partial charge on any atom is 0.407 e. The molecule has 0 aliphatic carbocycles. The minimum absolute atomic E-state index is 0.288. The largest absolute Gasteiger partial charge is 0.407 e. The van der Waals surface area contributed by atoms with Gasteiger partial charge in [-0.3, -0.25) is 0 Å². The van der Waals surface area contributed by atoms with E-state index < -0.39 is 12.2 Å². The SMILES string of the molecule is FC(F)(F)C(NCC1CCSC1)c1ccccc1. The van der Waals surface area contributed by atoms with Crippen LogP contribution >= 0.6 is 11.8 Å². The van der Waals surface area contributed by atoms with E-state index in [0.29, 0.717) is 12.5 Å². The fraction of sp³-hybridized carbons (Fsp3) is 0.538. The van der Waals surface area contributed by atoms with Crippen LogP contribution in [0.15, 0.2) is 30.3 Å². The molecule has 2 rings (SSSR count). The van der Waals surface area contributed by atoms with Gasteiger partial charge in [0.2, 0.25) is 0 Å². The lowest BCUT2D eigenvalue weighted by Crippen LogP contribution is -2.37. The Morgan fingerprint density at radius 3 is 2.56 bits per heavy atom. The summed E-state index contributed by atoms with van der Waals surface area (Å²) in [5.74, 6) is 2.39. The Kier molecular flexibility index (Phi) is 4.56. The molecule has 0 spiro atoms. The molecule has 1 heterocycles. The second-order valence-electron chi connectivity index (χ2n) is 4.52. The van der Waals surface area contributed by atoms with E-state index >= 15 is 0 Å². The van der Waals surface area contributed by atoms with Gasteiger partial charge in [-0.25, -0.2) is 0 Å². The Labute approximate surface area is 109 Å². The lowest BCUT2D eigenvalue weighted by Gasteiger charge is -2.23. The van der Waals surface area contributed by atoms with E-state index in [-0.39, 0.29) is 5.56 Å². The van der Waals surface area contributed by atoms with Gasteiger partial charge in [0.25, 0.3) is 0 Å². The van der Waals surface area contributed by atoms with Crippen molar-refractivity contribution in [3.8, 4) is 0 Å². The summed E-state index contributed by atoms with van der Waals surface area (Å²) in [4.78, 5) is 0. The van der Waals surface area contributed by atoms with Crippen LogP contribution in [-0.2, 0) is 0 Å². The van der Waals surface area contributed by atoms with Crippen molar-refractivity contribution in [1.82, 2.24) is 5.32 Å². The highest BCUT2D eigenvalue weighted by atomic mass is 32.2. The molecule has 1 aromatic carbocycles. The van der Waals surface area contributed by atoms with Crippen LogP contribution in [0, 0.1) is 5.92 Å². The summed E-state index contributed by atoms with van der Waals surface area (Å²) in [5.41, 5.74) is 0.288. The molecule has 0 aromatic heterocycles. The van der Waals surface area contributed by atoms with Gasteiger partial charge in [-0.2, -0.15) is 24.9 Å². The van der Waals surface area contributed by atoms with Gasteiger partial charge < -0.3 is 5.32 Å². The second-order valence-corrected chi connectivity index (χ2v) is 5.67. The van der Waals surface area contributed by atoms with E-state index in [0.717, 1.165) is 17.9 Å². The lowest BCUT2D eigenvalue weighted by atomic mass is 10.0. The Hall–Kier alpha value is -0.680. The van der Waals surface area contributed by atoms with E-state index in [1.165, 1.54) is 12.1 Å². The van der Waals surface area contributed by atoms with E-state index in [4.69, 9.17) is 0 Å². The molecule has 0 amide bonds. The lowest BCUT2D eigenvalue weighted by molar-refractivity contribution is -0.158. The zero-order chi connectivity index (χ0) is 13.0. The van der Waals surface area contributed by atoms with Crippen LogP contribution in [0.25, 0.3) is 0 Å². The van der Waals surface area contributed by atoms with Crippen molar-refractivity contribution in [3.63, 3.8) is 0 Å². The third kappa shape index (κ3) is 3.65. The maximum atomic E-state index is 13.0. The standard InChI is InChI=1S/C13H16F3NS/c14-13(15,16)12(11-4-2-1-3-5-11)17-8-10-6-7-18-9-10/h1-5,10,12,17H,6-9H2. The number of hydrogen-bond donors (Lipinski definition) is 1. The molecular weight excluding hydrogens is 259 g/mol. The van der Waals surface area contributed by atoms with Gasteiger partial charge >= 0.3 is 6.18 Å². The maximum absolute atomic E-state index is 13.0. The number of alkyl halides is 3. The normalized spacial score (nSPS) is 22.1. The Balaban J connectivity index is 2.01. The minimum Gasteiger partial charge on any atom is -0.302 e. The number of benzene rings is 1. The van der Waals surface area contributed by atoms with Crippen molar-refractivity contribution in [2.45, 2.75) is 18.6 Å². The first-order valence-corrected chi connectivity index (χ1v) is 7.15. The van der Waals surface area contributed by atoms with Crippen LogP contribution in [-0.4, -0.2) is 24.2 Å². The third-order valence-electron chi connectivity index (χ3n) is 3.09. The van der Waals surface area contributed by atoms with Crippen molar-refractivity contribution in [2.75, 3.05) is 18.1 Å². The van der Waals surface area contributed by atoms with Gasteiger partial charge in [0.05, 0.1) is 0 Å². The van der Waals surface area contributed by atoms with E-state index in [1.807, 2.05) is 11.8 Å². The molecule has 1 aromatic rings. The summed E-state index contributed by atoms with van der Waals surface area (Å²) in [7, 11) is 0. The van der Waals surface area contributed by atoms with Crippen molar-refractivity contribution in [1.29, 1.82) is 0 Å². The molecule has 0 radical (unpaired) electrons. The molecule has 1 nitrogen and oxygen atoms in total. The molecule has 2 unspecified atom stereocenters. The summed E-state index contributed by atoms with van der Waals surface area (Å²) < 4.78 is 39.0. The molecule has 1 saturated heterocycles. The van der Waals surface area contributed by atoms with Gasteiger partial charge in [-0.15, -0.1) is 0 Å². The molecular formula is C13H16F3NS. The highest BCUT2D eigenvalue weighted by Crippen LogP contribution is 2.33. The Bertz CT molecular complexity index is 360. The Morgan fingerprint density at radius 2 is 2.00 bits per heavy atom. The molecule has 5 heteroatoms. The summed E-state index contributed by atoms with van der Waals surface area (Å²) >= 11 is 1.82. The molecule has 1 fully saturated rings. The molecule has 100 valence electrons. The predicted molar refractivity (Wildman–Crippen MR) is 68.7 cm³/mol. The average molecular weight is 275 g/mol. The number of halogens is 3. The van der Waals surface area contributed by atoms with E-state index in [2.05, 4.69) is 5.32 Å². The first kappa shape index (κ1) is 13.7. The minimum atomic E-state index is -4.24. The van der Waals surface area contributed by atoms with Crippen molar-refractivity contribution < 1.29 is 13.2 Å². The van der Waals surface area contributed by atoms with Crippen LogP contribution in [0.5, 0.6) is 0 Å². The van der Waals surface area contributed by atoms with E-state index in [1.54, 1.807) is 18.2 Å². The van der Waals surface area contributed by atoms with Crippen molar-refractivity contribution in [3.05, 3.63) is 35.9 Å². The highest BCUT2D eigenvalue weighted by Gasteiger charge is 2.40. The zero-order valence-corrected chi connectivity index (χ0v) is 10.7. The topological polar surface area (TPSA) is 12.0 Å². The number of thioether (sulfide) groups is 1. The fourth-order valence-electron chi connectivity index (χ4n) is 2.10. The molecule has 1 N–H and O–H groups in total.